The Bertz CT molecular complexity index is 531. The lowest BCUT2D eigenvalue weighted by atomic mass is 10.0. The van der Waals surface area contributed by atoms with Crippen molar-refractivity contribution in [3.05, 3.63) is 40.7 Å². The van der Waals surface area contributed by atoms with E-state index in [1.807, 2.05) is 36.0 Å². The predicted molar refractivity (Wildman–Crippen MR) is 71.0 cm³/mol. The summed E-state index contributed by atoms with van der Waals surface area (Å²) in [7, 11) is 0. The van der Waals surface area contributed by atoms with Crippen LogP contribution in [0.3, 0.4) is 0 Å². The summed E-state index contributed by atoms with van der Waals surface area (Å²) in [6.07, 6.45) is 2.04. The fourth-order valence-corrected chi connectivity index (χ4v) is 2.10. The van der Waals surface area contributed by atoms with Crippen molar-refractivity contribution in [2.45, 2.75) is 26.9 Å². The molecule has 0 unspecified atom stereocenters. The maximum Gasteiger partial charge on any atom is 0.0672 e. The van der Waals surface area contributed by atoms with Crippen LogP contribution >= 0.6 is 11.6 Å². The van der Waals surface area contributed by atoms with Crippen LogP contribution in [0.15, 0.2) is 24.4 Å². The Labute approximate surface area is 106 Å². The summed E-state index contributed by atoms with van der Waals surface area (Å²) >= 11 is 6.17. The number of hydrogen-bond acceptors (Lipinski definition) is 2. The molecule has 2 rings (SSSR count). The number of benzene rings is 1. The number of rotatable bonds is 3. The van der Waals surface area contributed by atoms with Gasteiger partial charge in [-0.05, 0) is 31.0 Å². The molecule has 17 heavy (non-hydrogen) atoms. The van der Waals surface area contributed by atoms with E-state index >= 15 is 0 Å². The Morgan fingerprint density at radius 1 is 1.41 bits per heavy atom. The van der Waals surface area contributed by atoms with Crippen LogP contribution in [-0.4, -0.2) is 9.78 Å². The maximum absolute atomic E-state index is 6.17. The molecule has 0 aliphatic rings. The van der Waals surface area contributed by atoms with Crippen LogP contribution in [-0.2, 0) is 13.1 Å². The summed E-state index contributed by atoms with van der Waals surface area (Å²) < 4.78 is 1.93. The van der Waals surface area contributed by atoms with Crippen molar-refractivity contribution in [1.82, 2.24) is 9.78 Å². The Hall–Kier alpha value is -1.32. The Balaban J connectivity index is 2.45. The Kier molecular flexibility index (Phi) is 3.50. The zero-order valence-corrected chi connectivity index (χ0v) is 10.8. The largest absolute Gasteiger partial charge is 0.326 e. The molecule has 0 saturated heterocycles. The van der Waals surface area contributed by atoms with Crippen molar-refractivity contribution >= 4 is 11.6 Å². The number of aromatic nitrogens is 2. The van der Waals surface area contributed by atoms with E-state index in [4.69, 9.17) is 17.3 Å². The van der Waals surface area contributed by atoms with Crippen molar-refractivity contribution < 1.29 is 0 Å². The SMILES string of the molecule is CCn1cc(-c2ccc(CN)c(Cl)c2)c(C)n1. The number of nitrogens with two attached hydrogens (primary N) is 1. The van der Waals surface area contributed by atoms with Crippen molar-refractivity contribution in [3.8, 4) is 11.1 Å². The van der Waals surface area contributed by atoms with Gasteiger partial charge in [0.25, 0.3) is 0 Å². The smallest absolute Gasteiger partial charge is 0.0672 e. The third-order valence-electron chi connectivity index (χ3n) is 2.85. The molecule has 3 nitrogen and oxygen atoms in total. The van der Waals surface area contributed by atoms with Crippen LogP contribution in [0.25, 0.3) is 11.1 Å². The first-order valence-corrected chi connectivity index (χ1v) is 6.06. The third kappa shape index (κ3) is 2.35. The van der Waals surface area contributed by atoms with Crippen LogP contribution in [0.4, 0.5) is 0 Å². The van der Waals surface area contributed by atoms with Gasteiger partial charge >= 0.3 is 0 Å². The van der Waals surface area contributed by atoms with Gasteiger partial charge in [-0.1, -0.05) is 23.7 Å². The summed E-state index contributed by atoms with van der Waals surface area (Å²) in [4.78, 5) is 0. The topological polar surface area (TPSA) is 43.8 Å². The van der Waals surface area contributed by atoms with Crippen LogP contribution in [0.1, 0.15) is 18.2 Å². The molecule has 0 bridgehead atoms. The molecule has 0 radical (unpaired) electrons. The van der Waals surface area contributed by atoms with Crippen LogP contribution in [0, 0.1) is 6.92 Å². The first kappa shape index (κ1) is 12.1. The van der Waals surface area contributed by atoms with Gasteiger partial charge in [0.2, 0.25) is 0 Å². The first-order chi connectivity index (χ1) is 8.15. The average Bonchev–Trinajstić information content (AvgIpc) is 2.70. The monoisotopic (exact) mass is 249 g/mol. The Morgan fingerprint density at radius 2 is 2.18 bits per heavy atom. The number of nitrogens with zero attached hydrogens (tertiary/aromatic N) is 2. The molecule has 0 aliphatic carbocycles. The molecule has 0 saturated carbocycles. The minimum atomic E-state index is 0.465. The van der Waals surface area contributed by atoms with E-state index in [2.05, 4.69) is 12.0 Å². The normalized spacial score (nSPS) is 10.8. The molecule has 0 fully saturated rings. The zero-order chi connectivity index (χ0) is 12.4. The van der Waals surface area contributed by atoms with E-state index in [9.17, 15) is 0 Å². The van der Waals surface area contributed by atoms with Gasteiger partial charge < -0.3 is 5.73 Å². The molecular weight excluding hydrogens is 234 g/mol. The highest BCUT2D eigenvalue weighted by atomic mass is 35.5. The zero-order valence-electron chi connectivity index (χ0n) is 10.1. The van der Waals surface area contributed by atoms with Crippen molar-refractivity contribution in [1.29, 1.82) is 0 Å². The van der Waals surface area contributed by atoms with Crippen LogP contribution in [0.5, 0.6) is 0 Å². The first-order valence-electron chi connectivity index (χ1n) is 5.68. The maximum atomic E-state index is 6.17. The fourth-order valence-electron chi connectivity index (χ4n) is 1.84. The number of aryl methyl sites for hydroxylation is 2. The lowest BCUT2D eigenvalue weighted by Gasteiger charge is -2.04. The molecule has 0 amide bonds. The highest BCUT2D eigenvalue weighted by Gasteiger charge is 2.08. The molecular formula is C13H16ClN3. The predicted octanol–water partition coefficient (Wildman–Crippen LogP) is 2.99. The van der Waals surface area contributed by atoms with Crippen molar-refractivity contribution in [2.75, 3.05) is 0 Å². The second-order valence-corrected chi connectivity index (χ2v) is 4.40. The second-order valence-electron chi connectivity index (χ2n) is 3.99. The Morgan fingerprint density at radius 3 is 2.71 bits per heavy atom. The summed E-state index contributed by atoms with van der Waals surface area (Å²) in [5, 5.41) is 5.14. The molecule has 0 aliphatic heterocycles. The quantitative estimate of drug-likeness (QED) is 0.909. The fraction of sp³-hybridized carbons (Fsp3) is 0.308. The second kappa shape index (κ2) is 4.90. The van der Waals surface area contributed by atoms with E-state index in [-0.39, 0.29) is 0 Å². The van der Waals surface area contributed by atoms with Gasteiger partial charge in [0.05, 0.1) is 5.69 Å². The van der Waals surface area contributed by atoms with Crippen molar-refractivity contribution in [3.63, 3.8) is 0 Å². The van der Waals surface area contributed by atoms with Gasteiger partial charge in [0, 0.05) is 29.9 Å². The van der Waals surface area contributed by atoms with Gasteiger partial charge in [0.1, 0.15) is 0 Å². The van der Waals surface area contributed by atoms with Crippen molar-refractivity contribution in [2.24, 2.45) is 5.73 Å². The summed E-state index contributed by atoms with van der Waals surface area (Å²) in [6, 6.07) is 5.96. The standard InChI is InChI=1S/C13H16ClN3/c1-3-17-8-12(9(2)16-17)10-4-5-11(7-15)13(14)6-10/h4-6,8H,3,7,15H2,1-2H3. The lowest BCUT2D eigenvalue weighted by Crippen LogP contribution is -1.96. The molecule has 1 aromatic heterocycles. The molecule has 1 aromatic carbocycles. The average molecular weight is 250 g/mol. The lowest BCUT2D eigenvalue weighted by molar-refractivity contribution is 0.653. The van der Waals surface area contributed by atoms with E-state index in [1.54, 1.807) is 0 Å². The summed E-state index contributed by atoms with van der Waals surface area (Å²) in [6.45, 7) is 5.41. The molecule has 90 valence electrons. The highest BCUT2D eigenvalue weighted by molar-refractivity contribution is 6.31. The van der Waals surface area contributed by atoms with Gasteiger partial charge in [0.15, 0.2) is 0 Å². The molecule has 2 aromatic rings. The molecule has 4 heteroatoms. The summed E-state index contributed by atoms with van der Waals surface area (Å²) in [5.74, 6) is 0. The number of halogens is 1. The van der Waals surface area contributed by atoms with Crippen LogP contribution in [0.2, 0.25) is 5.02 Å². The molecule has 2 N–H and O–H groups in total. The van der Waals surface area contributed by atoms with Gasteiger partial charge in [-0.2, -0.15) is 5.10 Å². The van der Waals surface area contributed by atoms with Gasteiger partial charge in [-0.3, -0.25) is 4.68 Å². The minimum Gasteiger partial charge on any atom is -0.326 e. The highest BCUT2D eigenvalue weighted by Crippen LogP contribution is 2.27. The number of hydrogen-bond donors (Lipinski definition) is 1. The minimum absolute atomic E-state index is 0.465. The van der Waals surface area contributed by atoms with Gasteiger partial charge in [-0.25, -0.2) is 0 Å². The molecule has 0 spiro atoms. The van der Waals surface area contributed by atoms with Crippen LogP contribution < -0.4 is 5.73 Å². The summed E-state index contributed by atoms with van der Waals surface area (Å²) in [5.41, 5.74) is 9.79. The van der Waals surface area contributed by atoms with E-state index < -0.39 is 0 Å². The molecule has 0 atom stereocenters. The van der Waals surface area contributed by atoms with E-state index in [1.165, 1.54) is 0 Å². The van der Waals surface area contributed by atoms with Gasteiger partial charge in [-0.15, -0.1) is 0 Å². The van der Waals surface area contributed by atoms with E-state index in [0.717, 1.165) is 28.9 Å². The van der Waals surface area contributed by atoms with E-state index in [0.29, 0.717) is 11.6 Å². The third-order valence-corrected chi connectivity index (χ3v) is 3.21. The molecule has 1 heterocycles.